The number of carbonyl (C=O) groups excluding carboxylic acids is 2. The van der Waals surface area contributed by atoms with Crippen LogP contribution in [0.25, 0.3) is 21.5 Å². The third kappa shape index (κ3) is 10.3. The molecule has 0 spiro atoms. The number of hydrogen-bond acceptors (Lipinski definition) is 9. The molecule has 8 aromatic rings. The summed E-state index contributed by atoms with van der Waals surface area (Å²) in [7, 11) is 0. The standard InChI is InChI=1S/2C23H16ClN3O3.Fe/c2*24-15-10-11-20(28)19(13-15)26-27-21-17-9-5-4-6-14(17)12-18(22(21)29)23(30)25-16-7-2-1-3-8-16;/h2*1-13,28-29H,(H,25,30);/p+1. The molecule has 7 N–H and O–H groups in total. The Kier molecular flexibility index (Phi) is 13.9. The topological polar surface area (TPSA) is 190 Å². The second-order valence-corrected chi connectivity index (χ2v) is 13.9. The van der Waals surface area contributed by atoms with Crippen LogP contribution in [0.4, 0.5) is 34.1 Å². The van der Waals surface area contributed by atoms with Gasteiger partial charge in [-0.25, -0.2) is 0 Å². The van der Waals surface area contributed by atoms with Crippen LogP contribution in [0, 0.1) is 0 Å². The maximum absolute atomic E-state index is 12.8. The second kappa shape index (κ2) is 19.6. The van der Waals surface area contributed by atoms with Crippen molar-refractivity contribution in [1.82, 2.24) is 0 Å². The van der Waals surface area contributed by atoms with Gasteiger partial charge in [-0.2, -0.15) is 0 Å². The van der Waals surface area contributed by atoms with E-state index in [1.165, 1.54) is 36.4 Å². The summed E-state index contributed by atoms with van der Waals surface area (Å²) >= 11 is 11.9. The Hall–Kier alpha value is -7.28. The van der Waals surface area contributed by atoms with Crippen molar-refractivity contribution < 1.29 is 52.2 Å². The molecule has 0 atom stereocenters. The molecule has 0 aliphatic rings. The first-order chi connectivity index (χ1) is 29.0. The molecule has 0 bridgehead atoms. The minimum absolute atomic E-state index is 0. The van der Waals surface area contributed by atoms with Crippen molar-refractivity contribution in [1.29, 1.82) is 0 Å². The van der Waals surface area contributed by atoms with E-state index in [2.05, 4.69) is 31.1 Å². The SMILES string of the molecule is O=C(Nc1ccccc1)c1cc2ccccc2c(N=Nc2cc(Cl)ccc2O)c1O.O=C(Nc1ccccc1)c1cc2ccccc2c([NH+]=Nc2cc(Cl)ccc2O)c1O.[Fe]. The summed E-state index contributed by atoms with van der Waals surface area (Å²) in [5.41, 5.74) is 2.05. The van der Waals surface area contributed by atoms with E-state index in [-0.39, 0.29) is 73.9 Å². The van der Waals surface area contributed by atoms with Gasteiger partial charge in [0, 0.05) is 49.0 Å². The minimum atomic E-state index is -0.480. The van der Waals surface area contributed by atoms with Crippen molar-refractivity contribution >= 4 is 90.7 Å². The number of phenols is 4. The molecular formula is C46H33Cl2FeN6O6+. The number of azo groups is 2. The first kappa shape index (κ1) is 43.3. The predicted molar refractivity (Wildman–Crippen MR) is 233 cm³/mol. The molecule has 0 unspecified atom stereocenters. The van der Waals surface area contributed by atoms with Crippen LogP contribution in [0.2, 0.25) is 10.0 Å². The molecule has 0 aliphatic carbocycles. The molecule has 304 valence electrons. The average Bonchev–Trinajstić information content (AvgIpc) is 3.25. The molecule has 0 fully saturated rings. The fourth-order valence-corrected chi connectivity index (χ4v) is 6.37. The van der Waals surface area contributed by atoms with Crippen molar-refractivity contribution in [2.45, 2.75) is 0 Å². The predicted octanol–water partition coefficient (Wildman–Crippen LogP) is 11.2. The molecule has 15 heteroatoms. The number of fused-ring (bicyclic) bond motifs is 2. The normalized spacial score (nSPS) is 10.9. The van der Waals surface area contributed by atoms with Crippen molar-refractivity contribution in [2.24, 2.45) is 15.3 Å². The van der Waals surface area contributed by atoms with E-state index in [4.69, 9.17) is 23.2 Å². The Balaban J connectivity index is 0.000000201. The number of anilines is 2. The summed E-state index contributed by atoms with van der Waals surface area (Å²) < 4.78 is 0. The number of nitrogens with zero attached hydrogens (tertiary/aromatic N) is 3. The molecule has 61 heavy (non-hydrogen) atoms. The van der Waals surface area contributed by atoms with Crippen molar-refractivity contribution in [3.63, 3.8) is 0 Å². The number of rotatable bonds is 8. The van der Waals surface area contributed by atoms with Crippen molar-refractivity contribution in [2.75, 3.05) is 10.6 Å². The van der Waals surface area contributed by atoms with Crippen LogP contribution in [0.3, 0.4) is 0 Å². The number of para-hydroxylation sites is 2. The summed E-state index contributed by atoms with van der Waals surface area (Å²) in [5.74, 6) is -1.69. The first-order valence-electron chi connectivity index (χ1n) is 18.1. The van der Waals surface area contributed by atoms with Crippen LogP contribution < -0.4 is 15.7 Å². The summed E-state index contributed by atoms with van der Waals surface area (Å²) in [5, 5.41) is 65.8. The largest absolute Gasteiger partial charge is 0.506 e. The van der Waals surface area contributed by atoms with Gasteiger partial charge in [0.2, 0.25) is 5.75 Å². The number of carbonyl (C=O) groups is 2. The molecule has 2 amide bonds. The van der Waals surface area contributed by atoms with Gasteiger partial charge in [-0.1, -0.05) is 107 Å². The van der Waals surface area contributed by atoms with Gasteiger partial charge in [0.25, 0.3) is 17.5 Å². The Morgan fingerprint density at radius 2 is 0.967 bits per heavy atom. The third-order valence-electron chi connectivity index (χ3n) is 8.99. The van der Waals surface area contributed by atoms with Crippen molar-refractivity contribution in [3.05, 3.63) is 179 Å². The molecule has 0 radical (unpaired) electrons. The molecule has 8 aromatic carbocycles. The van der Waals surface area contributed by atoms with Crippen LogP contribution >= 0.6 is 23.2 Å². The summed E-state index contributed by atoms with van der Waals surface area (Å²) in [6.07, 6.45) is 0. The van der Waals surface area contributed by atoms with Gasteiger partial charge in [0.15, 0.2) is 11.4 Å². The van der Waals surface area contributed by atoms with Gasteiger partial charge in [0.05, 0.1) is 16.5 Å². The smallest absolute Gasteiger partial charge is 0.279 e. The van der Waals surface area contributed by atoms with E-state index >= 15 is 0 Å². The van der Waals surface area contributed by atoms with E-state index in [9.17, 15) is 30.0 Å². The van der Waals surface area contributed by atoms with Gasteiger partial charge < -0.3 is 31.1 Å². The van der Waals surface area contributed by atoms with Crippen molar-refractivity contribution in [3.8, 4) is 23.0 Å². The Morgan fingerprint density at radius 1 is 0.508 bits per heavy atom. The fraction of sp³-hybridized carbons (Fsp3) is 0. The monoisotopic (exact) mass is 891 g/mol. The molecule has 0 aliphatic heterocycles. The number of hydrogen-bond donors (Lipinski definition) is 7. The second-order valence-electron chi connectivity index (χ2n) is 13.0. The number of benzene rings is 8. The summed E-state index contributed by atoms with van der Waals surface area (Å²) in [4.78, 5) is 25.6. The van der Waals surface area contributed by atoms with Gasteiger partial charge in [-0.05, 0) is 89.6 Å². The van der Waals surface area contributed by atoms with Gasteiger partial charge in [0.1, 0.15) is 22.9 Å². The zero-order chi connectivity index (χ0) is 42.2. The Bertz CT molecular complexity index is 2750. The number of halogens is 2. The number of phenolic OH excluding ortho intramolecular Hbond substituents is 4. The third-order valence-corrected chi connectivity index (χ3v) is 9.46. The summed E-state index contributed by atoms with van der Waals surface area (Å²) in [6.45, 7) is 0. The Labute approximate surface area is 369 Å². The molecule has 0 saturated carbocycles. The van der Waals surface area contributed by atoms with Crippen LogP contribution in [0.5, 0.6) is 23.0 Å². The van der Waals surface area contributed by atoms with Crippen LogP contribution in [0.1, 0.15) is 20.7 Å². The van der Waals surface area contributed by atoms with E-state index < -0.39 is 11.8 Å². The zero-order valence-corrected chi connectivity index (χ0v) is 34.2. The van der Waals surface area contributed by atoms with E-state index in [0.717, 1.165) is 5.39 Å². The van der Waals surface area contributed by atoms with E-state index in [0.29, 0.717) is 37.6 Å². The van der Waals surface area contributed by atoms with E-state index in [1.54, 1.807) is 78.9 Å². The number of nitrogens with one attached hydrogen (secondary N) is 3. The maximum Gasteiger partial charge on any atom is 0.279 e. The van der Waals surface area contributed by atoms with Crippen LogP contribution in [-0.4, -0.2) is 32.2 Å². The zero-order valence-electron chi connectivity index (χ0n) is 31.6. The van der Waals surface area contributed by atoms with Crippen LogP contribution in [-0.2, 0) is 17.1 Å². The first-order valence-corrected chi connectivity index (χ1v) is 18.9. The molecule has 0 aromatic heterocycles. The maximum atomic E-state index is 12.8. The number of aromatic hydroxyl groups is 4. The van der Waals surface area contributed by atoms with Gasteiger partial charge >= 0.3 is 0 Å². The summed E-state index contributed by atoms with van der Waals surface area (Å²) in [6, 6.07) is 44.4. The molecular weight excluding hydrogens is 859 g/mol. The average molecular weight is 893 g/mol. The van der Waals surface area contributed by atoms with E-state index in [1.807, 2.05) is 42.5 Å². The number of amides is 2. The minimum Gasteiger partial charge on any atom is -0.506 e. The molecule has 0 saturated heterocycles. The Morgan fingerprint density at radius 3 is 1.54 bits per heavy atom. The molecule has 12 nitrogen and oxygen atoms in total. The molecule has 0 heterocycles. The molecule has 8 rings (SSSR count). The van der Waals surface area contributed by atoms with Gasteiger partial charge in [-0.3, -0.25) is 9.59 Å². The fourth-order valence-electron chi connectivity index (χ4n) is 6.04. The van der Waals surface area contributed by atoms with Crippen LogP contribution in [0.15, 0.2) is 173 Å². The van der Waals surface area contributed by atoms with Gasteiger partial charge in [-0.15, -0.1) is 10.2 Å². The quantitative estimate of drug-likeness (QED) is 0.0451.